The number of nitrogens with one attached hydrogen (secondary N) is 2. The van der Waals surface area contributed by atoms with Crippen molar-refractivity contribution < 1.29 is 18.8 Å². The Hall–Kier alpha value is -2.16. The second-order valence-electron chi connectivity index (χ2n) is 5.45. The Morgan fingerprint density at radius 1 is 1.43 bits per heavy atom. The van der Waals surface area contributed by atoms with Gasteiger partial charge in [0.05, 0.1) is 12.6 Å². The van der Waals surface area contributed by atoms with Gasteiger partial charge in [0.25, 0.3) is 11.7 Å². The molecule has 3 amide bonds. The molecule has 1 saturated heterocycles. The average molecular weight is 325 g/mol. The molecule has 9 nitrogen and oxygen atoms in total. The van der Waals surface area contributed by atoms with Crippen molar-refractivity contribution in [1.82, 2.24) is 25.7 Å². The van der Waals surface area contributed by atoms with E-state index in [1.807, 2.05) is 0 Å². The van der Waals surface area contributed by atoms with Gasteiger partial charge in [-0.15, -0.1) is 0 Å². The molecule has 2 rings (SSSR count). The summed E-state index contributed by atoms with van der Waals surface area (Å²) in [4.78, 5) is 28.7. The summed E-state index contributed by atoms with van der Waals surface area (Å²) in [5.41, 5.74) is 0. The minimum absolute atomic E-state index is 0.0540. The van der Waals surface area contributed by atoms with Gasteiger partial charge in [0.1, 0.15) is 0 Å². The van der Waals surface area contributed by atoms with E-state index < -0.39 is 5.91 Å². The number of hydrogen-bond donors (Lipinski definition) is 2. The van der Waals surface area contributed by atoms with Crippen LogP contribution in [0, 0.1) is 0 Å². The van der Waals surface area contributed by atoms with Gasteiger partial charge < -0.3 is 24.8 Å². The highest BCUT2D eigenvalue weighted by Gasteiger charge is 2.17. The van der Waals surface area contributed by atoms with E-state index in [4.69, 9.17) is 9.26 Å². The van der Waals surface area contributed by atoms with Gasteiger partial charge in [-0.3, -0.25) is 4.79 Å². The van der Waals surface area contributed by atoms with Gasteiger partial charge in [-0.2, -0.15) is 4.98 Å². The lowest BCUT2D eigenvalue weighted by Crippen LogP contribution is -2.37. The van der Waals surface area contributed by atoms with Crippen molar-refractivity contribution in [1.29, 1.82) is 0 Å². The van der Waals surface area contributed by atoms with Gasteiger partial charge >= 0.3 is 6.03 Å². The number of hydrogen-bond acceptors (Lipinski definition) is 6. The van der Waals surface area contributed by atoms with Gasteiger partial charge in [0.2, 0.25) is 5.89 Å². The molecule has 9 heteroatoms. The molecule has 1 atom stereocenters. The fourth-order valence-corrected chi connectivity index (χ4v) is 2.35. The Kier molecular flexibility index (Phi) is 6.33. The SMILES string of the molecule is CNC(=O)c1noc(CNC(=O)N(C)CCCC2CCCO2)n1. The molecule has 1 unspecified atom stereocenters. The van der Waals surface area contributed by atoms with Gasteiger partial charge in [-0.1, -0.05) is 5.16 Å². The van der Waals surface area contributed by atoms with Gasteiger partial charge in [0.15, 0.2) is 0 Å². The average Bonchev–Trinajstić information content (AvgIpc) is 3.23. The van der Waals surface area contributed by atoms with Crippen molar-refractivity contribution in [2.24, 2.45) is 0 Å². The van der Waals surface area contributed by atoms with E-state index in [2.05, 4.69) is 20.8 Å². The van der Waals surface area contributed by atoms with E-state index in [1.165, 1.54) is 7.05 Å². The summed E-state index contributed by atoms with van der Waals surface area (Å²) in [6.07, 6.45) is 4.45. The summed E-state index contributed by atoms with van der Waals surface area (Å²) < 4.78 is 10.4. The minimum atomic E-state index is -0.433. The molecule has 0 aliphatic carbocycles. The third kappa shape index (κ3) is 5.20. The number of carbonyl (C=O) groups is 2. The van der Waals surface area contributed by atoms with Crippen LogP contribution in [0.2, 0.25) is 0 Å². The molecule has 1 aromatic heterocycles. The minimum Gasteiger partial charge on any atom is -0.378 e. The smallest absolute Gasteiger partial charge is 0.317 e. The molecule has 2 heterocycles. The fraction of sp³-hybridized carbons (Fsp3) is 0.714. The summed E-state index contributed by atoms with van der Waals surface area (Å²) >= 11 is 0. The quantitative estimate of drug-likeness (QED) is 0.757. The Morgan fingerprint density at radius 2 is 2.26 bits per heavy atom. The number of carbonyl (C=O) groups excluding carboxylic acids is 2. The van der Waals surface area contributed by atoms with Crippen molar-refractivity contribution in [3.8, 4) is 0 Å². The van der Waals surface area contributed by atoms with E-state index >= 15 is 0 Å². The van der Waals surface area contributed by atoms with E-state index in [0.717, 1.165) is 32.3 Å². The van der Waals surface area contributed by atoms with Crippen LogP contribution in [0.15, 0.2) is 4.52 Å². The third-order valence-corrected chi connectivity index (χ3v) is 3.68. The van der Waals surface area contributed by atoms with Crippen molar-refractivity contribution in [2.45, 2.75) is 38.3 Å². The van der Waals surface area contributed by atoms with Crippen LogP contribution in [0.3, 0.4) is 0 Å². The predicted molar refractivity (Wildman–Crippen MR) is 80.8 cm³/mol. The first-order chi connectivity index (χ1) is 11.1. The maximum atomic E-state index is 12.0. The van der Waals surface area contributed by atoms with Crippen molar-refractivity contribution in [3.05, 3.63) is 11.7 Å². The highest BCUT2D eigenvalue weighted by atomic mass is 16.5. The maximum absolute atomic E-state index is 12.0. The molecular weight excluding hydrogens is 302 g/mol. The summed E-state index contributed by atoms with van der Waals surface area (Å²) in [7, 11) is 3.21. The fourth-order valence-electron chi connectivity index (χ4n) is 2.35. The van der Waals surface area contributed by atoms with Crippen LogP contribution >= 0.6 is 0 Å². The Bertz CT molecular complexity index is 527. The number of rotatable bonds is 7. The molecule has 1 aromatic rings. The van der Waals surface area contributed by atoms with Crippen molar-refractivity contribution in [3.63, 3.8) is 0 Å². The van der Waals surface area contributed by atoms with E-state index in [0.29, 0.717) is 12.6 Å². The van der Waals surface area contributed by atoms with Gasteiger partial charge in [-0.05, 0) is 25.7 Å². The van der Waals surface area contributed by atoms with E-state index in [9.17, 15) is 9.59 Å². The predicted octanol–water partition coefficient (Wildman–Crippen LogP) is 0.530. The Labute approximate surface area is 134 Å². The molecule has 0 saturated carbocycles. The highest BCUT2D eigenvalue weighted by molar-refractivity contribution is 5.89. The molecule has 0 radical (unpaired) electrons. The lowest BCUT2D eigenvalue weighted by molar-refractivity contribution is 0.0949. The zero-order valence-corrected chi connectivity index (χ0v) is 13.5. The van der Waals surface area contributed by atoms with E-state index in [1.54, 1.807) is 11.9 Å². The lowest BCUT2D eigenvalue weighted by Gasteiger charge is -2.18. The number of aromatic nitrogens is 2. The number of ether oxygens (including phenoxy) is 1. The maximum Gasteiger partial charge on any atom is 0.317 e. The lowest BCUT2D eigenvalue weighted by atomic mass is 10.1. The van der Waals surface area contributed by atoms with Crippen molar-refractivity contribution >= 4 is 11.9 Å². The molecule has 23 heavy (non-hydrogen) atoms. The summed E-state index contributed by atoms with van der Waals surface area (Å²) in [5, 5.41) is 8.60. The molecule has 1 fully saturated rings. The monoisotopic (exact) mass is 325 g/mol. The molecular formula is C14H23N5O4. The molecule has 128 valence electrons. The van der Waals surface area contributed by atoms with Crippen LogP contribution in [0.4, 0.5) is 4.79 Å². The second-order valence-corrected chi connectivity index (χ2v) is 5.45. The molecule has 0 spiro atoms. The zero-order valence-electron chi connectivity index (χ0n) is 13.5. The van der Waals surface area contributed by atoms with Crippen molar-refractivity contribution in [2.75, 3.05) is 27.2 Å². The Morgan fingerprint density at radius 3 is 2.96 bits per heavy atom. The first-order valence-corrected chi connectivity index (χ1v) is 7.75. The Balaban J connectivity index is 1.66. The topological polar surface area (TPSA) is 110 Å². The molecule has 1 aliphatic rings. The van der Waals surface area contributed by atoms with Crippen LogP contribution in [-0.2, 0) is 11.3 Å². The molecule has 1 aliphatic heterocycles. The number of nitrogens with zero attached hydrogens (tertiary/aromatic N) is 3. The van der Waals surface area contributed by atoms with Crippen LogP contribution in [-0.4, -0.2) is 60.3 Å². The third-order valence-electron chi connectivity index (χ3n) is 3.68. The summed E-state index contributed by atoms with van der Waals surface area (Å²) in [5.74, 6) is -0.302. The highest BCUT2D eigenvalue weighted by Crippen LogP contribution is 2.16. The van der Waals surface area contributed by atoms with Crippen LogP contribution in [0.1, 0.15) is 42.2 Å². The molecule has 0 aromatic carbocycles. The number of urea groups is 1. The van der Waals surface area contributed by atoms with Gasteiger partial charge in [-0.25, -0.2) is 4.79 Å². The standard InChI is InChI=1S/C14H23N5O4/c1-15-13(20)12-17-11(23-18-12)9-16-14(21)19(2)7-3-5-10-6-4-8-22-10/h10H,3-9H2,1-2H3,(H,15,20)(H,16,21). The normalized spacial score (nSPS) is 17.0. The second kappa shape index (κ2) is 8.47. The van der Waals surface area contributed by atoms with Crippen LogP contribution < -0.4 is 10.6 Å². The summed E-state index contributed by atoms with van der Waals surface area (Å²) in [6.45, 7) is 1.58. The van der Waals surface area contributed by atoms with Crippen LogP contribution in [0.5, 0.6) is 0 Å². The first-order valence-electron chi connectivity index (χ1n) is 7.75. The van der Waals surface area contributed by atoms with E-state index in [-0.39, 0.29) is 24.3 Å². The van der Waals surface area contributed by atoms with Crippen LogP contribution in [0.25, 0.3) is 0 Å². The first kappa shape index (κ1) is 17.2. The zero-order chi connectivity index (χ0) is 16.7. The molecule has 2 N–H and O–H groups in total. The largest absolute Gasteiger partial charge is 0.378 e. The van der Waals surface area contributed by atoms with Gasteiger partial charge in [0, 0.05) is 27.2 Å². The number of amides is 3. The summed E-state index contributed by atoms with van der Waals surface area (Å²) in [6, 6.07) is -0.225. The molecule has 0 bridgehead atoms.